The predicted molar refractivity (Wildman–Crippen MR) is 71.1 cm³/mol. The van der Waals surface area contributed by atoms with Crippen molar-refractivity contribution in [2.24, 2.45) is 5.92 Å². The number of rotatable bonds is 4. The Hall–Kier alpha value is -1.10. The van der Waals surface area contributed by atoms with E-state index in [2.05, 4.69) is 17.6 Å². The summed E-state index contributed by atoms with van der Waals surface area (Å²) >= 11 is 0. The quantitative estimate of drug-likeness (QED) is 0.762. The Morgan fingerprint density at radius 2 is 2.11 bits per heavy atom. The lowest BCUT2D eigenvalue weighted by atomic mass is 9.90. The predicted octanol–water partition coefficient (Wildman–Crippen LogP) is 0.358. The molecule has 1 rings (SSSR count). The molecular formula is C13H25N3O2. The van der Waals surface area contributed by atoms with Crippen molar-refractivity contribution in [3.8, 4) is 0 Å². The zero-order valence-corrected chi connectivity index (χ0v) is 11.8. The lowest BCUT2D eigenvalue weighted by molar-refractivity contribution is -0.134. The molecule has 2 N–H and O–H groups in total. The molecule has 1 saturated heterocycles. The standard InChI is InChI=1S/C13H25N3O2/c1-5-10-6-7-14-11(8-10)12(17)15-9(2)13(18)16(3)4/h9-11,14H,5-8H2,1-4H3,(H,15,17). The van der Waals surface area contributed by atoms with Crippen LogP contribution in [0.4, 0.5) is 0 Å². The molecular weight excluding hydrogens is 230 g/mol. The normalized spacial score (nSPS) is 25.3. The zero-order valence-electron chi connectivity index (χ0n) is 11.8. The van der Waals surface area contributed by atoms with Crippen molar-refractivity contribution < 1.29 is 9.59 Å². The Bertz CT molecular complexity index is 305. The van der Waals surface area contributed by atoms with Crippen molar-refractivity contribution in [2.75, 3.05) is 20.6 Å². The van der Waals surface area contributed by atoms with Crippen molar-refractivity contribution in [3.05, 3.63) is 0 Å². The average molecular weight is 255 g/mol. The van der Waals surface area contributed by atoms with E-state index in [-0.39, 0.29) is 17.9 Å². The van der Waals surface area contributed by atoms with E-state index in [1.54, 1.807) is 21.0 Å². The monoisotopic (exact) mass is 255 g/mol. The van der Waals surface area contributed by atoms with Crippen LogP contribution in [-0.2, 0) is 9.59 Å². The first-order chi connectivity index (χ1) is 8.45. The highest BCUT2D eigenvalue weighted by Crippen LogP contribution is 2.19. The van der Waals surface area contributed by atoms with Crippen molar-refractivity contribution in [1.82, 2.24) is 15.5 Å². The van der Waals surface area contributed by atoms with Crippen molar-refractivity contribution in [3.63, 3.8) is 0 Å². The van der Waals surface area contributed by atoms with Gasteiger partial charge in [-0.25, -0.2) is 0 Å². The van der Waals surface area contributed by atoms with Gasteiger partial charge in [-0.3, -0.25) is 9.59 Å². The first-order valence-corrected chi connectivity index (χ1v) is 6.70. The third-order valence-corrected chi connectivity index (χ3v) is 3.58. The Balaban J connectivity index is 2.47. The highest BCUT2D eigenvalue weighted by atomic mass is 16.2. The van der Waals surface area contributed by atoms with Gasteiger partial charge in [0.2, 0.25) is 11.8 Å². The summed E-state index contributed by atoms with van der Waals surface area (Å²) in [6.07, 6.45) is 3.11. The van der Waals surface area contributed by atoms with Gasteiger partial charge in [-0.2, -0.15) is 0 Å². The van der Waals surface area contributed by atoms with Crippen LogP contribution in [-0.4, -0.2) is 49.4 Å². The zero-order chi connectivity index (χ0) is 13.7. The summed E-state index contributed by atoms with van der Waals surface area (Å²) in [7, 11) is 3.38. The summed E-state index contributed by atoms with van der Waals surface area (Å²) in [5, 5.41) is 6.00. The highest BCUT2D eigenvalue weighted by Gasteiger charge is 2.28. The average Bonchev–Trinajstić information content (AvgIpc) is 2.37. The highest BCUT2D eigenvalue weighted by molar-refractivity contribution is 5.89. The van der Waals surface area contributed by atoms with Gasteiger partial charge in [0.1, 0.15) is 6.04 Å². The summed E-state index contributed by atoms with van der Waals surface area (Å²) in [5.41, 5.74) is 0. The van der Waals surface area contributed by atoms with E-state index in [1.165, 1.54) is 4.90 Å². The molecule has 3 unspecified atom stereocenters. The van der Waals surface area contributed by atoms with Gasteiger partial charge in [0.05, 0.1) is 6.04 Å². The molecule has 1 aliphatic heterocycles. The van der Waals surface area contributed by atoms with Crippen LogP contribution in [0, 0.1) is 5.92 Å². The number of nitrogens with zero attached hydrogens (tertiary/aromatic N) is 1. The molecule has 5 nitrogen and oxygen atoms in total. The van der Waals surface area contributed by atoms with Crippen LogP contribution < -0.4 is 10.6 Å². The number of hydrogen-bond donors (Lipinski definition) is 2. The van der Waals surface area contributed by atoms with Gasteiger partial charge in [-0.1, -0.05) is 13.3 Å². The summed E-state index contributed by atoms with van der Waals surface area (Å²) in [5.74, 6) is 0.476. The van der Waals surface area contributed by atoms with Gasteiger partial charge >= 0.3 is 0 Å². The SMILES string of the molecule is CCC1CCNC(C(=O)NC(C)C(=O)N(C)C)C1. The molecule has 0 aromatic heterocycles. The summed E-state index contributed by atoms with van der Waals surface area (Å²) in [6, 6.07) is -0.614. The number of hydrogen-bond acceptors (Lipinski definition) is 3. The molecule has 1 heterocycles. The molecule has 0 spiro atoms. The van der Waals surface area contributed by atoms with Gasteiger partial charge in [0.25, 0.3) is 0 Å². The van der Waals surface area contributed by atoms with Gasteiger partial charge in [0, 0.05) is 14.1 Å². The minimum Gasteiger partial charge on any atom is -0.347 e. The van der Waals surface area contributed by atoms with E-state index in [0.717, 1.165) is 25.8 Å². The van der Waals surface area contributed by atoms with Crippen molar-refractivity contribution >= 4 is 11.8 Å². The molecule has 1 fully saturated rings. The number of likely N-dealkylation sites (N-methyl/N-ethyl adjacent to an activating group) is 1. The number of carbonyl (C=O) groups is 2. The van der Waals surface area contributed by atoms with E-state index >= 15 is 0 Å². The van der Waals surface area contributed by atoms with Crippen LogP contribution in [0.1, 0.15) is 33.1 Å². The molecule has 18 heavy (non-hydrogen) atoms. The fourth-order valence-electron chi connectivity index (χ4n) is 2.33. The molecule has 1 aliphatic rings. The largest absolute Gasteiger partial charge is 0.347 e. The molecule has 3 atom stereocenters. The third-order valence-electron chi connectivity index (χ3n) is 3.58. The van der Waals surface area contributed by atoms with Crippen LogP contribution in [0.15, 0.2) is 0 Å². The smallest absolute Gasteiger partial charge is 0.244 e. The molecule has 0 aliphatic carbocycles. The first kappa shape index (κ1) is 15.0. The molecule has 0 aromatic carbocycles. The van der Waals surface area contributed by atoms with E-state index in [0.29, 0.717) is 5.92 Å². The first-order valence-electron chi connectivity index (χ1n) is 6.70. The van der Waals surface area contributed by atoms with Gasteiger partial charge in [-0.15, -0.1) is 0 Å². The lowest BCUT2D eigenvalue weighted by Gasteiger charge is -2.30. The Kier molecular flexibility index (Phi) is 5.59. The molecule has 0 saturated carbocycles. The van der Waals surface area contributed by atoms with E-state index < -0.39 is 6.04 Å². The number of nitrogens with one attached hydrogen (secondary N) is 2. The second-order valence-electron chi connectivity index (χ2n) is 5.27. The van der Waals surface area contributed by atoms with Crippen molar-refractivity contribution in [1.29, 1.82) is 0 Å². The summed E-state index contributed by atoms with van der Waals surface area (Å²) in [6.45, 7) is 4.76. The second kappa shape index (κ2) is 6.73. The fraction of sp³-hybridized carbons (Fsp3) is 0.846. The Morgan fingerprint density at radius 1 is 1.44 bits per heavy atom. The van der Waals surface area contributed by atoms with Crippen molar-refractivity contribution in [2.45, 2.75) is 45.2 Å². The number of carbonyl (C=O) groups excluding carboxylic acids is 2. The molecule has 2 amide bonds. The summed E-state index contributed by atoms with van der Waals surface area (Å²) in [4.78, 5) is 25.2. The van der Waals surface area contributed by atoms with Gasteiger partial charge in [-0.05, 0) is 32.2 Å². The van der Waals surface area contributed by atoms with E-state index in [9.17, 15) is 9.59 Å². The van der Waals surface area contributed by atoms with Crippen LogP contribution in [0.25, 0.3) is 0 Å². The third kappa shape index (κ3) is 3.98. The molecule has 104 valence electrons. The van der Waals surface area contributed by atoms with E-state index in [4.69, 9.17) is 0 Å². The fourth-order valence-corrected chi connectivity index (χ4v) is 2.33. The molecule has 0 bridgehead atoms. The maximum atomic E-state index is 12.1. The molecule has 0 radical (unpaired) electrons. The Morgan fingerprint density at radius 3 is 2.67 bits per heavy atom. The molecule has 0 aromatic rings. The maximum Gasteiger partial charge on any atom is 0.244 e. The lowest BCUT2D eigenvalue weighted by Crippen LogP contribution is -2.53. The topological polar surface area (TPSA) is 61.4 Å². The van der Waals surface area contributed by atoms with E-state index in [1.807, 2.05) is 0 Å². The van der Waals surface area contributed by atoms with Gasteiger partial charge in [0.15, 0.2) is 0 Å². The van der Waals surface area contributed by atoms with Crippen LogP contribution in [0.5, 0.6) is 0 Å². The Labute approximate surface area is 109 Å². The summed E-state index contributed by atoms with van der Waals surface area (Å²) < 4.78 is 0. The number of piperidine rings is 1. The maximum absolute atomic E-state index is 12.1. The van der Waals surface area contributed by atoms with Gasteiger partial charge < -0.3 is 15.5 Å². The minimum absolute atomic E-state index is 0.0594. The number of amides is 2. The second-order valence-corrected chi connectivity index (χ2v) is 5.27. The van der Waals surface area contributed by atoms with Crippen LogP contribution in [0.3, 0.4) is 0 Å². The molecule has 5 heteroatoms. The minimum atomic E-state index is -0.462. The van der Waals surface area contributed by atoms with Crippen LogP contribution >= 0.6 is 0 Å². The van der Waals surface area contributed by atoms with Crippen LogP contribution in [0.2, 0.25) is 0 Å².